The molecule has 3 aromatic carbocycles. The van der Waals surface area contributed by atoms with E-state index in [2.05, 4.69) is 67.7 Å². The maximum Gasteiger partial charge on any atom is 0.161 e. The summed E-state index contributed by atoms with van der Waals surface area (Å²) in [6, 6.07) is 9.34. The summed E-state index contributed by atoms with van der Waals surface area (Å²) in [7, 11) is 6.80. The Bertz CT molecular complexity index is 1240. The Morgan fingerprint density at radius 1 is 0.789 bits per heavy atom. The lowest BCUT2D eigenvalue weighted by Gasteiger charge is -2.40. The van der Waals surface area contributed by atoms with Crippen LogP contribution in [0.15, 0.2) is 50.6 Å². The van der Waals surface area contributed by atoms with E-state index in [-0.39, 0.29) is 6.04 Å². The monoisotopic (exact) mass is 520 g/mol. The molecule has 1 saturated heterocycles. The van der Waals surface area contributed by atoms with Crippen molar-refractivity contribution < 1.29 is 18.9 Å². The Morgan fingerprint density at radius 3 is 1.82 bits per heavy atom. The van der Waals surface area contributed by atoms with Crippen molar-refractivity contribution in [3.8, 4) is 23.0 Å². The molecule has 2 aliphatic heterocycles. The molecule has 0 aromatic heterocycles. The van der Waals surface area contributed by atoms with Gasteiger partial charge in [-0.2, -0.15) is 0 Å². The van der Waals surface area contributed by atoms with E-state index >= 15 is 0 Å². The smallest absolute Gasteiger partial charge is 0.161 e. The van der Waals surface area contributed by atoms with Crippen molar-refractivity contribution in [1.29, 1.82) is 0 Å². The molecule has 0 saturated carbocycles. The predicted molar refractivity (Wildman–Crippen MR) is 159 cm³/mol. The van der Waals surface area contributed by atoms with Gasteiger partial charge in [0.2, 0.25) is 0 Å². The Labute approximate surface area is 228 Å². The standard InChI is InChI=1S/C28H36N2O4.2C2H4/c1-6-7-10-29-28-22-9-8-11-30(22)16-21-19-14-25(33-4)23(31-2)12-17(19)18-13-24(32-3)26(34-5)15-20(18)27(21)28;2*1-2/h12-15,22,28-29H,6-11,16H2,1-5H3;2*1-2H2. The maximum atomic E-state index is 5.75. The zero-order chi connectivity index (χ0) is 27.8. The van der Waals surface area contributed by atoms with Crippen LogP contribution in [-0.2, 0) is 6.54 Å². The van der Waals surface area contributed by atoms with E-state index in [4.69, 9.17) is 18.9 Å². The van der Waals surface area contributed by atoms with Gasteiger partial charge >= 0.3 is 0 Å². The van der Waals surface area contributed by atoms with Gasteiger partial charge in [-0.3, -0.25) is 4.90 Å². The number of nitrogens with zero attached hydrogens (tertiary/aromatic N) is 1. The zero-order valence-electron chi connectivity index (χ0n) is 23.8. The second-order valence-corrected chi connectivity index (χ2v) is 9.36. The number of methoxy groups -OCH3 is 4. The molecule has 0 bridgehead atoms. The second-order valence-electron chi connectivity index (χ2n) is 9.36. The molecule has 3 aromatic rings. The molecule has 1 N–H and O–H groups in total. The quantitative estimate of drug-likeness (QED) is 0.195. The third-order valence-corrected chi connectivity index (χ3v) is 7.64. The molecule has 1 fully saturated rings. The molecule has 6 heteroatoms. The first-order valence-corrected chi connectivity index (χ1v) is 13.4. The van der Waals surface area contributed by atoms with E-state index in [1.807, 2.05) is 0 Å². The minimum absolute atomic E-state index is 0.274. The summed E-state index contributed by atoms with van der Waals surface area (Å²) in [5.41, 5.74) is 2.78. The summed E-state index contributed by atoms with van der Waals surface area (Å²) in [6.07, 6.45) is 4.82. The number of fused-ring (bicyclic) bond motifs is 7. The molecule has 2 aliphatic rings. The highest BCUT2D eigenvalue weighted by Crippen LogP contribution is 2.49. The van der Waals surface area contributed by atoms with Gasteiger partial charge in [-0.25, -0.2) is 0 Å². The summed E-state index contributed by atoms with van der Waals surface area (Å²) in [6.45, 7) is 17.4. The van der Waals surface area contributed by atoms with Gasteiger partial charge in [0.15, 0.2) is 23.0 Å². The molecule has 206 valence electrons. The van der Waals surface area contributed by atoms with E-state index in [0.29, 0.717) is 6.04 Å². The Morgan fingerprint density at radius 2 is 1.29 bits per heavy atom. The SMILES string of the molecule is C=C.C=C.CCCCNC1c2c(c3cc(OC)c(OC)cc3c3cc(OC)c(OC)cc23)CN2CCCC12. The number of hydrogen-bond donors (Lipinski definition) is 1. The molecular weight excluding hydrogens is 476 g/mol. The van der Waals surface area contributed by atoms with Crippen molar-refractivity contribution in [2.24, 2.45) is 0 Å². The van der Waals surface area contributed by atoms with Crippen molar-refractivity contribution in [3.63, 3.8) is 0 Å². The minimum atomic E-state index is 0.274. The number of nitrogens with one attached hydrogen (secondary N) is 1. The minimum Gasteiger partial charge on any atom is -0.493 e. The van der Waals surface area contributed by atoms with Crippen molar-refractivity contribution in [3.05, 3.63) is 61.7 Å². The van der Waals surface area contributed by atoms with Crippen LogP contribution < -0.4 is 24.3 Å². The van der Waals surface area contributed by atoms with Gasteiger partial charge in [0.1, 0.15) is 0 Å². The highest BCUT2D eigenvalue weighted by atomic mass is 16.5. The van der Waals surface area contributed by atoms with E-state index in [9.17, 15) is 0 Å². The molecule has 0 spiro atoms. The molecule has 6 nitrogen and oxygen atoms in total. The number of rotatable bonds is 8. The van der Waals surface area contributed by atoms with Gasteiger partial charge in [0, 0.05) is 18.6 Å². The van der Waals surface area contributed by atoms with Crippen LogP contribution in [0.1, 0.15) is 49.8 Å². The van der Waals surface area contributed by atoms with Crippen LogP contribution in [0.3, 0.4) is 0 Å². The summed E-state index contributed by atoms with van der Waals surface area (Å²) < 4.78 is 22.9. The van der Waals surface area contributed by atoms with E-state index < -0.39 is 0 Å². The van der Waals surface area contributed by atoms with E-state index in [1.54, 1.807) is 28.4 Å². The molecule has 2 heterocycles. The Kier molecular flexibility index (Phi) is 10.5. The molecule has 0 aliphatic carbocycles. The van der Waals surface area contributed by atoms with Crippen molar-refractivity contribution >= 4 is 21.5 Å². The summed E-state index contributed by atoms with van der Waals surface area (Å²) in [5, 5.41) is 8.71. The topological polar surface area (TPSA) is 52.2 Å². The van der Waals surface area contributed by atoms with Gasteiger partial charge in [-0.15, -0.1) is 26.3 Å². The largest absolute Gasteiger partial charge is 0.493 e. The average Bonchev–Trinajstić information content (AvgIpc) is 3.46. The van der Waals surface area contributed by atoms with Crippen LogP contribution in [0, 0.1) is 0 Å². The van der Waals surface area contributed by atoms with Crippen molar-refractivity contribution in [2.75, 3.05) is 41.5 Å². The first kappa shape index (κ1) is 29.3. The third-order valence-electron chi connectivity index (χ3n) is 7.64. The number of unbranched alkanes of at least 4 members (excludes halogenated alkanes) is 1. The molecule has 2 unspecified atom stereocenters. The van der Waals surface area contributed by atoms with Crippen LogP contribution in [0.2, 0.25) is 0 Å². The summed E-state index contributed by atoms with van der Waals surface area (Å²) >= 11 is 0. The van der Waals surface area contributed by atoms with Gasteiger partial charge < -0.3 is 24.3 Å². The fourth-order valence-electron chi connectivity index (χ4n) is 6.00. The van der Waals surface area contributed by atoms with Crippen LogP contribution >= 0.6 is 0 Å². The Hall–Kier alpha value is -3.22. The Balaban J connectivity index is 0.000000956. The second kappa shape index (κ2) is 13.5. The van der Waals surface area contributed by atoms with Gasteiger partial charge in [-0.05, 0) is 89.3 Å². The highest BCUT2D eigenvalue weighted by molar-refractivity contribution is 6.13. The zero-order valence-corrected chi connectivity index (χ0v) is 23.8. The molecule has 5 rings (SSSR count). The first-order valence-electron chi connectivity index (χ1n) is 13.4. The molecule has 0 amide bonds. The molecular formula is C32H44N2O4. The number of hydrogen-bond acceptors (Lipinski definition) is 6. The lowest BCUT2D eigenvalue weighted by molar-refractivity contribution is 0.180. The maximum absolute atomic E-state index is 5.75. The summed E-state index contributed by atoms with van der Waals surface area (Å²) in [5.74, 6) is 2.99. The fraction of sp³-hybridized carbons (Fsp3) is 0.438. The van der Waals surface area contributed by atoms with Crippen molar-refractivity contribution in [1.82, 2.24) is 10.2 Å². The van der Waals surface area contributed by atoms with E-state index in [0.717, 1.165) is 53.4 Å². The third kappa shape index (κ3) is 5.20. The van der Waals surface area contributed by atoms with Crippen LogP contribution in [0.5, 0.6) is 23.0 Å². The summed E-state index contributed by atoms with van der Waals surface area (Å²) in [4.78, 5) is 2.66. The predicted octanol–water partition coefficient (Wildman–Crippen LogP) is 7.04. The van der Waals surface area contributed by atoms with E-state index in [1.165, 1.54) is 47.6 Å². The van der Waals surface area contributed by atoms with Gasteiger partial charge in [0.05, 0.1) is 28.4 Å². The molecule has 2 atom stereocenters. The lowest BCUT2D eigenvalue weighted by atomic mass is 9.81. The highest BCUT2D eigenvalue weighted by Gasteiger charge is 2.39. The normalized spacial score (nSPS) is 17.9. The van der Waals surface area contributed by atoms with Crippen molar-refractivity contribution in [2.45, 2.75) is 51.2 Å². The number of ether oxygens (including phenoxy) is 4. The van der Waals surface area contributed by atoms with Crippen LogP contribution in [0.25, 0.3) is 21.5 Å². The average molecular weight is 521 g/mol. The van der Waals surface area contributed by atoms with Crippen LogP contribution in [0.4, 0.5) is 0 Å². The fourth-order valence-corrected chi connectivity index (χ4v) is 6.00. The van der Waals surface area contributed by atoms with Crippen LogP contribution in [-0.4, -0.2) is 52.5 Å². The number of benzene rings is 3. The van der Waals surface area contributed by atoms with Gasteiger partial charge in [0.25, 0.3) is 0 Å². The molecule has 38 heavy (non-hydrogen) atoms. The first-order chi connectivity index (χ1) is 18.6. The lowest BCUT2D eigenvalue weighted by Crippen LogP contribution is -2.45. The molecule has 0 radical (unpaired) electrons. The van der Waals surface area contributed by atoms with Gasteiger partial charge in [-0.1, -0.05) is 13.3 Å².